The minimum atomic E-state index is -1.05. The molecule has 1 amide bonds. The van der Waals surface area contributed by atoms with Gasteiger partial charge in [0.1, 0.15) is 5.75 Å². The van der Waals surface area contributed by atoms with E-state index in [9.17, 15) is 19.8 Å². The van der Waals surface area contributed by atoms with Crippen LogP contribution in [-0.2, 0) is 4.79 Å². The van der Waals surface area contributed by atoms with E-state index in [0.717, 1.165) is 4.70 Å². The molecule has 0 radical (unpaired) electrons. The van der Waals surface area contributed by atoms with Gasteiger partial charge in [0.25, 0.3) is 5.91 Å². The molecule has 0 saturated heterocycles. The second-order valence-corrected chi connectivity index (χ2v) is 11.3. The molecule has 190 valence electrons. The van der Waals surface area contributed by atoms with E-state index in [1.165, 1.54) is 40.7 Å². The highest BCUT2D eigenvalue weighted by molar-refractivity contribution is 9.10. The summed E-state index contributed by atoms with van der Waals surface area (Å²) in [6.07, 6.45) is 0. The smallest absolute Gasteiger partial charge is 0.296 e. The normalized spacial score (nSPS) is 15.6. The number of carbonyl (C=O) groups excluding carboxylic acids is 2. The molecule has 9 nitrogen and oxygen atoms in total. The average Bonchev–Trinajstić information content (AvgIpc) is 3.52. The lowest BCUT2D eigenvalue weighted by atomic mass is 9.95. The predicted octanol–water partition coefficient (Wildman–Crippen LogP) is 5.64. The molecule has 3 heterocycles. The molecular weight excluding hydrogens is 582 g/mol. The number of halogens is 1. The Morgan fingerprint density at radius 2 is 1.84 bits per heavy atom. The molecule has 12 heteroatoms. The number of phenols is 1. The summed E-state index contributed by atoms with van der Waals surface area (Å²) in [5.74, 6) is -1.31. The van der Waals surface area contributed by atoms with Gasteiger partial charge in [-0.3, -0.25) is 14.5 Å². The number of phenolic OH excluding ortho intramolecular Hbond substituents is 1. The van der Waals surface area contributed by atoms with E-state index in [0.29, 0.717) is 36.9 Å². The number of aromatic hydroxyl groups is 1. The predicted molar refractivity (Wildman–Crippen MR) is 144 cm³/mol. The van der Waals surface area contributed by atoms with Crippen LogP contribution in [0, 0.1) is 13.8 Å². The summed E-state index contributed by atoms with van der Waals surface area (Å²) in [4.78, 5) is 37.9. The second kappa shape index (κ2) is 9.43. The minimum absolute atomic E-state index is 0.103. The van der Waals surface area contributed by atoms with E-state index in [2.05, 4.69) is 25.9 Å². The first-order valence-corrected chi connectivity index (χ1v) is 13.3. The van der Waals surface area contributed by atoms with Crippen LogP contribution < -0.4 is 14.4 Å². The molecule has 2 aromatic heterocycles. The Hall–Kier alpha value is -3.48. The highest BCUT2D eigenvalue weighted by atomic mass is 79.9. The van der Waals surface area contributed by atoms with Crippen LogP contribution in [0.25, 0.3) is 10.2 Å². The summed E-state index contributed by atoms with van der Waals surface area (Å²) >= 11 is 5.74. The number of fused-ring (bicyclic) bond motifs is 1. The Morgan fingerprint density at radius 1 is 1.08 bits per heavy atom. The van der Waals surface area contributed by atoms with Crippen molar-refractivity contribution in [3.63, 3.8) is 0 Å². The van der Waals surface area contributed by atoms with Crippen molar-refractivity contribution < 1.29 is 29.3 Å². The fourth-order valence-corrected chi connectivity index (χ4v) is 6.60. The van der Waals surface area contributed by atoms with Gasteiger partial charge in [-0.25, -0.2) is 9.97 Å². The number of benzene rings is 2. The van der Waals surface area contributed by atoms with E-state index in [-0.39, 0.29) is 22.2 Å². The van der Waals surface area contributed by atoms with Crippen LogP contribution in [0.2, 0.25) is 0 Å². The Balaban J connectivity index is 1.73. The van der Waals surface area contributed by atoms with Crippen molar-refractivity contribution in [3.05, 3.63) is 67.3 Å². The van der Waals surface area contributed by atoms with E-state index in [1.807, 2.05) is 0 Å². The first-order valence-electron chi connectivity index (χ1n) is 10.9. The number of ether oxygens (including phenoxy) is 2. The molecule has 37 heavy (non-hydrogen) atoms. The lowest BCUT2D eigenvalue weighted by Crippen LogP contribution is -2.31. The third-order valence-electron chi connectivity index (χ3n) is 5.94. The number of aryl methyl sites for hydroxylation is 2. The molecule has 4 aromatic rings. The molecule has 1 aliphatic heterocycles. The molecule has 0 aliphatic carbocycles. The van der Waals surface area contributed by atoms with Crippen LogP contribution in [0.15, 0.2) is 46.1 Å². The molecule has 0 bridgehead atoms. The lowest BCUT2D eigenvalue weighted by molar-refractivity contribution is -0.117. The summed E-state index contributed by atoms with van der Waals surface area (Å²) in [5.41, 5.74) is 1.46. The van der Waals surface area contributed by atoms with Crippen LogP contribution in [0.4, 0.5) is 5.13 Å². The number of ketones is 1. The lowest BCUT2D eigenvalue weighted by Gasteiger charge is -2.25. The largest absolute Gasteiger partial charge is 0.503 e. The number of rotatable bonds is 6. The molecular formula is C25H20BrN3O6S2. The maximum Gasteiger partial charge on any atom is 0.296 e. The monoisotopic (exact) mass is 601 g/mol. The first kappa shape index (κ1) is 25.2. The third-order valence-corrected chi connectivity index (χ3v) is 8.63. The Kier molecular flexibility index (Phi) is 6.42. The number of hydrogen-bond acceptors (Lipinski definition) is 10. The highest BCUT2D eigenvalue weighted by Gasteiger charge is 2.47. The molecule has 0 saturated carbocycles. The molecule has 2 aromatic carbocycles. The van der Waals surface area contributed by atoms with Crippen molar-refractivity contribution in [3.8, 4) is 17.2 Å². The van der Waals surface area contributed by atoms with Gasteiger partial charge in [0.2, 0.25) is 5.78 Å². The van der Waals surface area contributed by atoms with Gasteiger partial charge in [-0.1, -0.05) is 11.3 Å². The zero-order valence-corrected chi connectivity index (χ0v) is 23.2. The fraction of sp³-hybridized carbons (Fsp3) is 0.200. The number of anilines is 1. The number of nitrogens with zero attached hydrogens (tertiary/aromatic N) is 3. The first-order chi connectivity index (χ1) is 17.6. The van der Waals surface area contributed by atoms with Crippen molar-refractivity contribution in [1.29, 1.82) is 0 Å². The van der Waals surface area contributed by atoms with Crippen molar-refractivity contribution in [1.82, 2.24) is 9.97 Å². The van der Waals surface area contributed by atoms with Gasteiger partial charge in [-0.2, -0.15) is 0 Å². The minimum Gasteiger partial charge on any atom is -0.503 e. The zero-order chi connectivity index (χ0) is 26.6. The van der Waals surface area contributed by atoms with Gasteiger partial charge < -0.3 is 19.7 Å². The Labute approximate surface area is 227 Å². The van der Waals surface area contributed by atoms with Crippen LogP contribution in [-0.4, -0.2) is 46.1 Å². The number of methoxy groups -OCH3 is 2. The SMILES string of the molecule is COc1ccc2nc(N3C(=O)C(O)=C(C(=O)c4sc(C)nc4C)C3c3cc(Br)c(O)c(OC)c3)sc2c1. The number of aliphatic hydroxyl groups is 1. The average molecular weight is 602 g/mol. The molecule has 1 aliphatic rings. The quantitative estimate of drug-likeness (QED) is 0.272. The summed E-state index contributed by atoms with van der Waals surface area (Å²) in [5, 5.41) is 22.4. The number of carbonyl (C=O) groups is 2. The number of thiazole rings is 2. The van der Waals surface area contributed by atoms with Crippen molar-refractivity contribution in [2.24, 2.45) is 0 Å². The summed E-state index contributed by atoms with van der Waals surface area (Å²) in [6, 6.07) is 7.39. The van der Waals surface area contributed by atoms with Gasteiger partial charge in [0, 0.05) is 0 Å². The van der Waals surface area contributed by atoms with Gasteiger partial charge in [-0.05, 0) is 65.7 Å². The van der Waals surface area contributed by atoms with Crippen LogP contribution in [0.1, 0.15) is 32.0 Å². The third kappa shape index (κ3) is 4.14. The number of aromatic nitrogens is 2. The molecule has 0 spiro atoms. The van der Waals surface area contributed by atoms with Gasteiger partial charge in [-0.15, -0.1) is 11.3 Å². The molecule has 2 N–H and O–H groups in total. The van der Waals surface area contributed by atoms with Gasteiger partial charge in [0.15, 0.2) is 22.4 Å². The van der Waals surface area contributed by atoms with Gasteiger partial charge >= 0.3 is 0 Å². The van der Waals surface area contributed by atoms with Crippen molar-refractivity contribution in [2.45, 2.75) is 19.9 Å². The maximum atomic E-state index is 13.8. The van der Waals surface area contributed by atoms with Crippen molar-refractivity contribution >= 4 is 65.6 Å². The fourth-order valence-electron chi connectivity index (χ4n) is 4.24. The van der Waals surface area contributed by atoms with Crippen LogP contribution in [0.3, 0.4) is 0 Å². The van der Waals surface area contributed by atoms with Gasteiger partial charge in [0.05, 0.1) is 56.1 Å². The standard InChI is InChI=1S/C25H20BrN3O6S2/c1-10-23(36-11(2)27-10)21(31)18-19(12-7-14(26)20(30)16(8-12)35-4)29(24(33)22(18)32)25-28-15-6-5-13(34-3)9-17(15)37-25/h5-9,19,30,32H,1-4H3. The topological polar surface area (TPSA) is 122 Å². The molecule has 0 fully saturated rings. The summed E-state index contributed by atoms with van der Waals surface area (Å²) in [7, 11) is 2.95. The summed E-state index contributed by atoms with van der Waals surface area (Å²) < 4.78 is 11.7. The molecule has 1 atom stereocenters. The Morgan fingerprint density at radius 3 is 2.49 bits per heavy atom. The van der Waals surface area contributed by atoms with Crippen LogP contribution >= 0.6 is 38.6 Å². The number of aliphatic hydroxyl groups excluding tert-OH is 1. The number of hydrogen-bond donors (Lipinski definition) is 2. The molecule has 1 unspecified atom stereocenters. The van der Waals surface area contributed by atoms with E-state index in [4.69, 9.17) is 9.47 Å². The number of Topliss-reactive ketones (excluding diaryl/α,β-unsaturated/α-hetero) is 1. The number of amides is 1. The van der Waals surface area contributed by atoms with E-state index < -0.39 is 23.5 Å². The zero-order valence-electron chi connectivity index (χ0n) is 20.0. The second-order valence-electron chi connectivity index (χ2n) is 8.20. The molecule has 5 rings (SSSR count). The summed E-state index contributed by atoms with van der Waals surface area (Å²) in [6.45, 7) is 3.49. The van der Waals surface area contributed by atoms with E-state index in [1.54, 1.807) is 45.2 Å². The van der Waals surface area contributed by atoms with E-state index >= 15 is 0 Å². The maximum absolute atomic E-state index is 13.8. The highest BCUT2D eigenvalue weighted by Crippen LogP contribution is 2.47. The van der Waals surface area contributed by atoms with Crippen LogP contribution in [0.5, 0.6) is 17.2 Å². The Bertz CT molecular complexity index is 1630. The van der Waals surface area contributed by atoms with Crippen molar-refractivity contribution in [2.75, 3.05) is 19.1 Å².